The highest BCUT2D eigenvalue weighted by molar-refractivity contribution is 7.11. The number of non-ortho nitro benzene ring substituents is 1. The van der Waals surface area contributed by atoms with Crippen LogP contribution >= 0.6 is 11.3 Å². The van der Waals surface area contributed by atoms with Crippen LogP contribution in [0.15, 0.2) is 29.3 Å². The van der Waals surface area contributed by atoms with Crippen LogP contribution in [0.1, 0.15) is 40.9 Å². The number of nitro groups is 1. The highest BCUT2D eigenvalue weighted by Gasteiger charge is 2.17. The molecule has 0 bridgehead atoms. The monoisotopic (exact) mass is 387 g/mol. The third kappa shape index (κ3) is 5.03. The molecule has 2 aromatic rings. The molecule has 0 amide bonds. The van der Waals surface area contributed by atoms with E-state index in [-0.39, 0.29) is 10.6 Å². The third-order valence-corrected chi connectivity index (χ3v) is 5.63. The largest absolute Gasteiger partial charge is 0.357 e. The normalized spacial score (nSPS) is 13.9. The number of thiazole rings is 1. The van der Waals surface area contributed by atoms with E-state index in [2.05, 4.69) is 15.2 Å². The van der Waals surface area contributed by atoms with Crippen molar-refractivity contribution in [2.75, 3.05) is 13.6 Å². The fraction of sp³-hybridized carbons (Fsp3) is 0.474. The van der Waals surface area contributed by atoms with Crippen molar-refractivity contribution in [1.29, 1.82) is 0 Å². The van der Waals surface area contributed by atoms with E-state index >= 15 is 0 Å². The summed E-state index contributed by atoms with van der Waals surface area (Å²) in [7, 11) is 2.00. The van der Waals surface area contributed by atoms with E-state index in [1.807, 2.05) is 31.4 Å². The number of aromatic nitrogens is 1. The van der Waals surface area contributed by atoms with E-state index in [4.69, 9.17) is 4.98 Å². The van der Waals surface area contributed by atoms with Crippen LogP contribution in [0, 0.1) is 10.1 Å². The molecule has 1 aliphatic carbocycles. The van der Waals surface area contributed by atoms with Gasteiger partial charge in [-0.05, 0) is 38.2 Å². The number of aliphatic imine (C=N–C) groups is 1. The van der Waals surface area contributed by atoms with Crippen LogP contribution in [0.2, 0.25) is 0 Å². The molecule has 1 aliphatic rings. The topological polar surface area (TPSA) is 83.7 Å². The van der Waals surface area contributed by atoms with Gasteiger partial charge in [-0.25, -0.2) is 9.98 Å². The zero-order valence-electron chi connectivity index (χ0n) is 15.8. The average Bonchev–Trinajstić information content (AvgIpc) is 3.07. The number of rotatable bonds is 6. The van der Waals surface area contributed by atoms with Crippen LogP contribution < -0.4 is 5.32 Å². The van der Waals surface area contributed by atoms with Gasteiger partial charge in [0.1, 0.15) is 5.01 Å². The van der Waals surface area contributed by atoms with Crippen molar-refractivity contribution in [3.8, 4) is 0 Å². The number of nitrogens with zero attached hydrogens (tertiary/aromatic N) is 4. The average molecular weight is 388 g/mol. The maximum atomic E-state index is 10.9. The first kappa shape index (κ1) is 19.3. The molecule has 27 heavy (non-hydrogen) atoms. The van der Waals surface area contributed by atoms with E-state index in [1.54, 1.807) is 12.1 Å². The summed E-state index contributed by atoms with van der Waals surface area (Å²) >= 11 is 1.81. The second-order valence-electron chi connectivity index (χ2n) is 6.64. The smallest absolute Gasteiger partial charge is 0.269 e. The van der Waals surface area contributed by atoms with Gasteiger partial charge in [0, 0.05) is 30.6 Å². The van der Waals surface area contributed by atoms with Crippen molar-refractivity contribution in [2.45, 2.75) is 45.7 Å². The quantitative estimate of drug-likeness (QED) is 0.355. The second kappa shape index (κ2) is 8.94. The molecular weight excluding hydrogens is 362 g/mol. The molecule has 1 aromatic heterocycles. The van der Waals surface area contributed by atoms with Crippen LogP contribution in [-0.4, -0.2) is 34.4 Å². The van der Waals surface area contributed by atoms with Gasteiger partial charge in [0.15, 0.2) is 5.96 Å². The van der Waals surface area contributed by atoms with Crippen LogP contribution in [0.25, 0.3) is 0 Å². The summed E-state index contributed by atoms with van der Waals surface area (Å²) in [4.78, 5) is 23.5. The molecule has 1 N–H and O–H groups in total. The third-order valence-electron chi connectivity index (χ3n) is 4.49. The van der Waals surface area contributed by atoms with Gasteiger partial charge in [-0.15, -0.1) is 11.3 Å². The minimum absolute atomic E-state index is 0.0921. The predicted octanol–water partition coefficient (Wildman–Crippen LogP) is 3.53. The predicted molar refractivity (Wildman–Crippen MR) is 108 cm³/mol. The Balaban J connectivity index is 1.70. The highest BCUT2D eigenvalue weighted by atomic mass is 32.1. The number of nitro benzene ring substituents is 1. The number of hydrogen-bond acceptors (Lipinski definition) is 5. The standard InChI is InChI=1S/C19H25N5O2S/c1-3-20-19(21-12-14-7-6-8-15(11-14)24(25)26)23(2)13-18-22-16-9-4-5-10-17(16)27-18/h6-8,11H,3-5,9-10,12-13H2,1-2H3,(H,20,21). The number of aryl methyl sites for hydroxylation is 2. The minimum atomic E-state index is -0.380. The summed E-state index contributed by atoms with van der Waals surface area (Å²) in [5, 5.41) is 15.3. The molecular formula is C19H25N5O2S. The molecule has 0 saturated carbocycles. The zero-order chi connectivity index (χ0) is 19.2. The lowest BCUT2D eigenvalue weighted by Crippen LogP contribution is -2.38. The Morgan fingerprint density at radius 3 is 2.96 bits per heavy atom. The first-order valence-corrected chi connectivity index (χ1v) is 10.1. The van der Waals surface area contributed by atoms with Gasteiger partial charge in [0.2, 0.25) is 0 Å². The van der Waals surface area contributed by atoms with Crippen LogP contribution in [-0.2, 0) is 25.9 Å². The Morgan fingerprint density at radius 1 is 1.41 bits per heavy atom. The number of hydrogen-bond donors (Lipinski definition) is 1. The Labute approximate surface area is 163 Å². The number of fused-ring (bicyclic) bond motifs is 1. The van der Waals surface area contributed by atoms with Crippen molar-refractivity contribution in [3.63, 3.8) is 0 Å². The summed E-state index contributed by atoms with van der Waals surface area (Å²) in [6.45, 7) is 3.88. The Hall–Kier alpha value is -2.48. The van der Waals surface area contributed by atoms with Gasteiger partial charge in [-0.3, -0.25) is 10.1 Å². The maximum absolute atomic E-state index is 10.9. The van der Waals surface area contributed by atoms with Crippen LogP contribution in [0.5, 0.6) is 0 Å². The first-order chi connectivity index (χ1) is 13.1. The Kier molecular flexibility index (Phi) is 6.39. The molecule has 1 heterocycles. The molecule has 0 spiro atoms. The molecule has 7 nitrogen and oxygen atoms in total. The van der Waals surface area contributed by atoms with E-state index in [9.17, 15) is 10.1 Å². The van der Waals surface area contributed by atoms with E-state index in [1.165, 1.54) is 29.5 Å². The molecule has 8 heteroatoms. The molecule has 1 aromatic carbocycles. The maximum Gasteiger partial charge on any atom is 0.269 e. The lowest BCUT2D eigenvalue weighted by molar-refractivity contribution is -0.384. The van der Waals surface area contributed by atoms with Gasteiger partial charge in [-0.1, -0.05) is 12.1 Å². The van der Waals surface area contributed by atoms with Crippen molar-refractivity contribution in [3.05, 3.63) is 55.5 Å². The molecule has 0 atom stereocenters. The zero-order valence-corrected chi connectivity index (χ0v) is 16.6. The van der Waals surface area contributed by atoms with Crippen molar-refractivity contribution < 1.29 is 4.92 Å². The SMILES string of the molecule is CCNC(=NCc1cccc([N+](=O)[O-])c1)N(C)Cc1nc2c(s1)CCCC2. The summed E-state index contributed by atoms with van der Waals surface area (Å²) in [5.74, 6) is 0.775. The first-order valence-electron chi connectivity index (χ1n) is 9.27. The molecule has 0 aliphatic heterocycles. The summed E-state index contributed by atoms with van der Waals surface area (Å²) in [6.07, 6.45) is 4.74. The number of benzene rings is 1. The molecule has 0 saturated heterocycles. The van der Waals surface area contributed by atoms with Gasteiger partial charge in [0.25, 0.3) is 5.69 Å². The fourth-order valence-corrected chi connectivity index (χ4v) is 4.37. The van der Waals surface area contributed by atoms with Gasteiger partial charge in [-0.2, -0.15) is 0 Å². The van der Waals surface area contributed by atoms with Crippen molar-refractivity contribution >= 4 is 23.0 Å². The van der Waals surface area contributed by atoms with Crippen LogP contribution in [0.4, 0.5) is 5.69 Å². The van der Waals surface area contributed by atoms with E-state index < -0.39 is 0 Å². The Bertz CT molecular complexity index is 810. The number of nitrogens with one attached hydrogen (secondary N) is 1. The summed E-state index contributed by atoms with van der Waals surface area (Å²) in [5.41, 5.74) is 2.18. The lowest BCUT2D eigenvalue weighted by Gasteiger charge is -2.21. The Morgan fingerprint density at radius 2 is 2.22 bits per heavy atom. The molecule has 3 rings (SSSR count). The molecule has 0 fully saturated rings. The van der Waals surface area contributed by atoms with Crippen molar-refractivity contribution in [1.82, 2.24) is 15.2 Å². The summed E-state index contributed by atoms with van der Waals surface area (Å²) < 4.78 is 0. The van der Waals surface area contributed by atoms with Gasteiger partial charge >= 0.3 is 0 Å². The summed E-state index contributed by atoms with van der Waals surface area (Å²) in [6, 6.07) is 6.62. The van der Waals surface area contributed by atoms with E-state index in [0.29, 0.717) is 13.1 Å². The number of guanidine groups is 1. The molecule has 0 radical (unpaired) electrons. The van der Waals surface area contributed by atoms with Crippen molar-refractivity contribution in [2.24, 2.45) is 4.99 Å². The minimum Gasteiger partial charge on any atom is -0.357 e. The molecule has 0 unspecified atom stereocenters. The lowest BCUT2D eigenvalue weighted by atomic mass is 10.0. The highest BCUT2D eigenvalue weighted by Crippen LogP contribution is 2.27. The van der Waals surface area contributed by atoms with E-state index in [0.717, 1.165) is 35.9 Å². The van der Waals surface area contributed by atoms with Crippen LogP contribution in [0.3, 0.4) is 0 Å². The van der Waals surface area contributed by atoms with Gasteiger partial charge < -0.3 is 10.2 Å². The second-order valence-corrected chi connectivity index (χ2v) is 7.81. The molecule has 144 valence electrons. The fourth-order valence-electron chi connectivity index (χ4n) is 3.16. The van der Waals surface area contributed by atoms with Gasteiger partial charge in [0.05, 0.1) is 23.7 Å².